The second-order valence-electron chi connectivity index (χ2n) is 8.35. The van der Waals surface area contributed by atoms with Gasteiger partial charge in [0.2, 0.25) is 0 Å². The van der Waals surface area contributed by atoms with Gasteiger partial charge in [0.05, 0.1) is 0 Å². The van der Waals surface area contributed by atoms with E-state index in [0.29, 0.717) is 12.2 Å². The van der Waals surface area contributed by atoms with Gasteiger partial charge in [-0.15, -0.1) is 0 Å². The molecule has 0 radical (unpaired) electrons. The quantitative estimate of drug-likeness (QED) is 0.631. The maximum Gasteiger partial charge on any atom is 0.323 e. The average molecular weight is 366 g/mol. The number of carboxylic acids is 1. The maximum absolute atomic E-state index is 12.8. The van der Waals surface area contributed by atoms with Gasteiger partial charge in [-0.2, -0.15) is 0 Å². The molecule has 2 aromatic carbocycles. The van der Waals surface area contributed by atoms with Crippen molar-refractivity contribution in [3.05, 3.63) is 63.7 Å². The molecule has 0 amide bonds. The van der Waals surface area contributed by atoms with Crippen molar-refractivity contribution in [3.8, 4) is 5.75 Å². The Labute approximate surface area is 160 Å². The highest BCUT2D eigenvalue weighted by atomic mass is 16.5. The van der Waals surface area contributed by atoms with Crippen LogP contribution in [0.2, 0.25) is 0 Å². The number of fused-ring (bicyclic) bond motifs is 1. The molecule has 0 fully saturated rings. The van der Waals surface area contributed by atoms with E-state index in [0.717, 1.165) is 33.4 Å². The number of benzene rings is 2. The van der Waals surface area contributed by atoms with Crippen molar-refractivity contribution in [1.82, 2.24) is 0 Å². The Morgan fingerprint density at radius 2 is 1.85 bits per heavy atom. The van der Waals surface area contributed by atoms with E-state index in [1.54, 1.807) is 0 Å². The Balaban J connectivity index is 2.18. The molecule has 3 rings (SSSR count). The fourth-order valence-corrected chi connectivity index (χ4v) is 3.66. The normalized spacial score (nSPS) is 16.2. The van der Waals surface area contributed by atoms with Gasteiger partial charge in [-0.25, -0.2) is 0 Å². The predicted octanol–water partition coefficient (Wildman–Crippen LogP) is 4.67. The van der Waals surface area contributed by atoms with Crippen molar-refractivity contribution in [3.63, 3.8) is 0 Å². The summed E-state index contributed by atoms with van der Waals surface area (Å²) >= 11 is 0. The van der Waals surface area contributed by atoms with Gasteiger partial charge in [0, 0.05) is 17.5 Å². The summed E-state index contributed by atoms with van der Waals surface area (Å²) in [5.41, 5.74) is 5.67. The average Bonchev–Trinajstić information content (AvgIpc) is 2.89. The first kappa shape index (κ1) is 19.2. The lowest BCUT2D eigenvalue weighted by molar-refractivity contribution is -0.137. The second kappa shape index (κ2) is 6.84. The number of aryl methyl sites for hydroxylation is 2. The lowest BCUT2D eigenvalue weighted by Crippen LogP contribution is -2.14. The van der Waals surface area contributed by atoms with Crippen molar-refractivity contribution >= 4 is 11.9 Å². The lowest BCUT2D eigenvalue weighted by Gasteiger charge is -2.23. The Hall–Kier alpha value is -2.62. The summed E-state index contributed by atoms with van der Waals surface area (Å²) in [4.78, 5) is 23.9. The number of aliphatic carboxylic acids is 1. The van der Waals surface area contributed by atoms with Gasteiger partial charge in [-0.3, -0.25) is 9.59 Å². The first-order valence-electron chi connectivity index (χ1n) is 9.26. The highest BCUT2D eigenvalue weighted by Crippen LogP contribution is 2.46. The van der Waals surface area contributed by atoms with E-state index in [1.165, 1.54) is 0 Å². The molecule has 142 valence electrons. The summed E-state index contributed by atoms with van der Waals surface area (Å²) in [6.07, 6.45) is 0.491. The predicted molar refractivity (Wildman–Crippen MR) is 104 cm³/mol. The molecule has 0 saturated carbocycles. The van der Waals surface area contributed by atoms with Crippen molar-refractivity contribution in [1.29, 1.82) is 0 Å². The summed E-state index contributed by atoms with van der Waals surface area (Å²) in [5.74, 6) is -0.922. The van der Waals surface area contributed by atoms with E-state index in [4.69, 9.17) is 9.84 Å². The van der Waals surface area contributed by atoms with Crippen LogP contribution in [0, 0.1) is 13.8 Å². The number of carbonyl (C=O) groups excluding carboxylic acids is 1. The molecule has 0 saturated heterocycles. The van der Waals surface area contributed by atoms with E-state index in [-0.39, 0.29) is 17.8 Å². The van der Waals surface area contributed by atoms with Crippen LogP contribution in [0.5, 0.6) is 5.75 Å². The van der Waals surface area contributed by atoms with Crippen LogP contribution in [0.4, 0.5) is 0 Å². The fraction of sp³-hybridized carbons (Fsp3) is 0.391. The van der Waals surface area contributed by atoms with E-state index in [9.17, 15) is 9.59 Å². The highest BCUT2D eigenvalue weighted by molar-refractivity contribution is 5.91. The van der Waals surface area contributed by atoms with Gasteiger partial charge in [-0.1, -0.05) is 51.1 Å². The van der Waals surface area contributed by atoms with Crippen molar-refractivity contribution < 1.29 is 19.4 Å². The van der Waals surface area contributed by atoms with Gasteiger partial charge in [0.15, 0.2) is 0 Å². The Bertz CT molecular complexity index is 919. The van der Waals surface area contributed by atoms with E-state index < -0.39 is 11.9 Å². The largest absolute Gasteiger partial charge is 0.481 e. The van der Waals surface area contributed by atoms with Crippen molar-refractivity contribution in [2.75, 3.05) is 0 Å². The van der Waals surface area contributed by atoms with Gasteiger partial charge in [0.1, 0.15) is 11.7 Å². The molecule has 1 N–H and O–H groups in total. The standard InChI is InChI=1S/C23H26O4/c1-13-7-6-8-16(14(13)2)20-17-11-15(9-10-19(24)25)12-18(23(3,4)5)21(17)27-22(20)26/h6-8,11-12,20H,9-10H2,1-5H3,(H,24,25). The molecule has 0 aromatic heterocycles. The van der Waals surface area contributed by atoms with Gasteiger partial charge < -0.3 is 9.84 Å². The van der Waals surface area contributed by atoms with Crippen LogP contribution in [0.3, 0.4) is 0 Å². The summed E-state index contributed by atoms with van der Waals surface area (Å²) in [5, 5.41) is 9.06. The summed E-state index contributed by atoms with van der Waals surface area (Å²) in [6, 6.07) is 9.90. The number of carboxylic acid groups (broad SMARTS) is 1. The smallest absolute Gasteiger partial charge is 0.323 e. The van der Waals surface area contributed by atoms with Crippen LogP contribution < -0.4 is 4.74 Å². The summed E-state index contributed by atoms with van der Waals surface area (Å²) in [6.45, 7) is 10.3. The zero-order valence-electron chi connectivity index (χ0n) is 16.6. The van der Waals surface area contributed by atoms with Crippen molar-refractivity contribution in [2.24, 2.45) is 0 Å². The monoisotopic (exact) mass is 366 g/mol. The first-order chi connectivity index (χ1) is 12.6. The van der Waals surface area contributed by atoms with Gasteiger partial charge in [-0.05, 0) is 47.9 Å². The highest BCUT2D eigenvalue weighted by Gasteiger charge is 2.39. The molecule has 27 heavy (non-hydrogen) atoms. The molecule has 1 aliphatic heterocycles. The molecule has 4 heteroatoms. The minimum Gasteiger partial charge on any atom is -0.481 e. The zero-order chi connectivity index (χ0) is 19.9. The van der Waals surface area contributed by atoms with E-state index in [1.807, 2.05) is 44.2 Å². The van der Waals surface area contributed by atoms with Crippen LogP contribution >= 0.6 is 0 Å². The van der Waals surface area contributed by atoms with E-state index >= 15 is 0 Å². The van der Waals surface area contributed by atoms with Gasteiger partial charge in [0.25, 0.3) is 0 Å². The molecule has 0 aliphatic carbocycles. The molecule has 1 aliphatic rings. The van der Waals surface area contributed by atoms with Crippen LogP contribution in [-0.2, 0) is 21.4 Å². The van der Waals surface area contributed by atoms with Crippen LogP contribution in [-0.4, -0.2) is 17.0 Å². The fourth-order valence-electron chi connectivity index (χ4n) is 3.66. The molecule has 0 spiro atoms. The summed E-state index contributed by atoms with van der Waals surface area (Å²) < 4.78 is 5.75. The molecule has 4 nitrogen and oxygen atoms in total. The third-order valence-electron chi connectivity index (χ3n) is 5.32. The lowest BCUT2D eigenvalue weighted by atomic mass is 9.80. The van der Waals surface area contributed by atoms with Crippen molar-refractivity contribution in [2.45, 2.75) is 58.8 Å². The molecular formula is C23H26O4. The minimum absolute atomic E-state index is 0.0608. The third kappa shape index (κ3) is 3.61. The molecule has 0 bridgehead atoms. The number of ether oxygens (including phenoxy) is 1. The number of carbonyl (C=O) groups is 2. The molecule has 1 heterocycles. The number of esters is 1. The number of hydrogen-bond acceptors (Lipinski definition) is 3. The topological polar surface area (TPSA) is 63.6 Å². The Morgan fingerprint density at radius 3 is 2.48 bits per heavy atom. The molecule has 1 atom stereocenters. The SMILES string of the molecule is Cc1cccc(C2C(=O)Oc3c2cc(CCC(=O)O)cc3C(C)(C)C)c1C. The Kier molecular flexibility index (Phi) is 4.85. The van der Waals surface area contributed by atoms with Gasteiger partial charge >= 0.3 is 11.9 Å². The number of rotatable bonds is 4. The second-order valence-corrected chi connectivity index (χ2v) is 8.35. The molecular weight excluding hydrogens is 340 g/mol. The Morgan fingerprint density at radius 1 is 1.15 bits per heavy atom. The van der Waals surface area contributed by atoms with E-state index in [2.05, 4.69) is 20.8 Å². The third-order valence-corrected chi connectivity index (χ3v) is 5.32. The minimum atomic E-state index is -0.828. The summed E-state index contributed by atoms with van der Waals surface area (Å²) in [7, 11) is 0. The maximum atomic E-state index is 12.8. The zero-order valence-corrected chi connectivity index (χ0v) is 16.6. The van der Waals surface area contributed by atoms with Crippen LogP contribution in [0.15, 0.2) is 30.3 Å². The number of hydrogen-bond donors (Lipinski definition) is 1. The molecule has 1 unspecified atom stereocenters. The molecule has 2 aromatic rings. The van der Waals surface area contributed by atoms with Crippen LogP contribution in [0.1, 0.15) is 66.5 Å². The first-order valence-corrected chi connectivity index (χ1v) is 9.26. The van der Waals surface area contributed by atoms with Crippen LogP contribution in [0.25, 0.3) is 0 Å².